The standard InChI is InChI=1S/C22H28ClFN2O3S/c1-5-15-8-9-16(6-2)17(12-15)14-25-22(27)21(7-3)26(30(4,28)29)18-10-11-20(24)19(23)13-18/h8-13,21H,5-7,14H2,1-4H3,(H,25,27)/t21-/m0/s1. The van der Waals surface area contributed by atoms with Gasteiger partial charge in [0.15, 0.2) is 0 Å². The van der Waals surface area contributed by atoms with Gasteiger partial charge in [-0.3, -0.25) is 9.10 Å². The molecule has 164 valence electrons. The topological polar surface area (TPSA) is 66.5 Å². The van der Waals surface area contributed by atoms with Crippen LogP contribution in [0.2, 0.25) is 5.02 Å². The van der Waals surface area contributed by atoms with Gasteiger partial charge in [0.25, 0.3) is 0 Å². The Morgan fingerprint density at radius 2 is 1.80 bits per heavy atom. The first-order valence-electron chi connectivity index (χ1n) is 9.95. The zero-order valence-corrected chi connectivity index (χ0v) is 19.3. The maximum absolute atomic E-state index is 13.6. The Balaban J connectivity index is 2.31. The highest BCUT2D eigenvalue weighted by molar-refractivity contribution is 7.92. The molecule has 0 saturated heterocycles. The van der Waals surface area contributed by atoms with Crippen LogP contribution in [-0.4, -0.2) is 26.6 Å². The van der Waals surface area contributed by atoms with Crippen molar-refractivity contribution in [2.45, 2.75) is 52.6 Å². The molecule has 0 bridgehead atoms. The van der Waals surface area contributed by atoms with Gasteiger partial charge in [0.2, 0.25) is 15.9 Å². The lowest BCUT2D eigenvalue weighted by atomic mass is 10.0. The molecule has 0 heterocycles. The number of hydrogen-bond acceptors (Lipinski definition) is 3. The van der Waals surface area contributed by atoms with Crippen LogP contribution < -0.4 is 9.62 Å². The number of nitrogens with zero attached hydrogens (tertiary/aromatic N) is 1. The molecule has 0 aromatic heterocycles. The van der Waals surface area contributed by atoms with Crippen LogP contribution in [0.4, 0.5) is 10.1 Å². The minimum absolute atomic E-state index is 0.146. The lowest BCUT2D eigenvalue weighted by molar-refractivity contribution is -0.122. The van der Waals surface area contributed by atoms with Crippen molar-refractivity contribution in [3.05, 3.63) is 63.9 Å². The third-order valence-electron chi connectivity index (χ3n) is 5.00. The molecule has 1 atom stereocenters. The van der Waals surface area contributed by atoms with E-state index in [1.807, 2.05) is 6.92 Å². The molecule has 0 radical (unpaired) electrons. The number of halogens is 2. The summed E-state index contributed by atoms with van der Waals surface area (Å²) in [6, 6.07) is 8.81. The van der Waals surface area contributed by atoms with Crippen molar-refractivity contribution >= 4 is 33.2 Å². The van der Waals surface area contributed by atoms with Gasteiger partial charge in [-0.25, -0.2) is 12.8 Å². The summed E-state index contributed by atoms with van der Waals surface area (Å²) in [6.07, 6.45) is 2.97. The number of carbonyl (C=O) groups is 1. The van der Waals surface area contributed by atoms with Crippen LogP contribution in [-0.2, 0) is 34.2 Å². The van der Waals surface area contributed by atoms with Crippen LogP contribution in [0.15, 0.2) is 36.4 Å². The van der Waals surface area contributed by atoms with Gasteiger partial charge in [0, 0.05) is 6.54 Å². The summed E-state index contributed by atoms with van der Waals surface area (Å²) in [5.41, 5.74) is 3.46. The van der Waals surface area contributed by atoms with E-state index in [1.165, 1.54) is 17.7 Å². The highest BCUT2D eigenvalue weighted by atomic mass is 35.5. The van der Waals surface area contributed by atoms with E-state index < -0.39 is 27.8 Å². The Labute approximate surface area is 183 Å². The normalized spacial score (nSPS) is 12.5. The first kappa shape index (κ1) is 24.2. The molecule has 0 saturated carbocycles. The van der Waals surface area contributed by atoms with Crippen LogP contribution in [0.25, 0.3) is 0 Å². The first-order chi connectivity index (χ1) is 14.1. The van der Waals surface area contributed by atoms with Crippen molar-refractivity contribution in [1.29, 1.82) is 0 Å². The molecule has 0 unspecified atom stereocenters. The van der Waals surface area contributed by atoms with E-state index in [0.717, 1.165) is 40.6 Å². The van der Waals surface area contributed by atoms with Gasteiger partial charge in [0.05, 0.1) is 17.0 Å². The summed E-state index contributed by atoms with van der Waals surface area (Å²) in [7, 11) is -3.82. The minimum Gasteiger partial charge on any atom is -0.350 e. The maximum Gasteiger partial charge on any atom is 0.244 e. The molecule has 0 aliphatic rings. The number of rotatable bonds is 9. The van der Waals surface area contributed by atoms with E-state index in [2.05, 4.69) is 30.4 Å². The number of benzene rings is 2. The summed E-state index contributed by atoms with van der Waals surface area (Å²) < 4.78 is 39.6. The monoisotopic (exact) mass is 454 g/mol. The van der Waals surface area contributed by atoms with Crippen LogP contribution >= 0.6 is 11.6 Å². The molecule has 5 nitrogen and oxygen atoms in total. The van der Waals surface area contributed by atoms with E-state index in [4.69, 9.17) is 11.6 Å². The Morgan fingerprint density at radius 3 is 2.33 bits per heavy atom. The predicted molar refractivity (Wildman–Crippen MR) is 120 cm³/mol. The Hall–Kier alpha value is -2.12. The zero-order valence-electron chi connectivity index (χ0n) is 17.7. The number of hydrogen-bond donors (Lipinski definition) is 1. The van der Waals surface area contributed by atoms with Crippen molar-refractivity contribution < 1.29 is 17.6 Å². The summed E-state index contributed by atoms with van der Waals surface area (Å²) in [5, 5.41) is 2.66. The molecule has 1 N–H and O–H groups in total. The van der Waals surface area contributed by atoms with E-state index in [1.54, 1.807) is 6.92 Å². The molecule has 0 spiro atoms. The summed E-state index contributed by atoms with van der Waals surface area (Å²) in [4.78, 5) is 13.0. The van der Waals surface area contributed by atoms with Crippen molar-refractivity contribution in [3.8, 4) is 0 Å². The molecule has 1 amide bonds. The van der Waals surface area contributed by atoms with E-state index in [9.17, 15) is 17.6 Å². The van der Waals surface area contributed by atoms with E-state index in [-0.39, 0.29) is 17.1 Å². The fourth-order valence-corrected chi connectivity index (χ4v) is 4.77. The molecule has 2 rings (SSSR count). The zero-order chi connectivity index (χ0) is 22.5. The number of sulfonamides is 1. The number of amides is 1. The van der Waals surface area contributed by atoms with Crippen LogP contribution in [0, 0.1) is 5.82 Å². The van der Waals surface area contributed by atoms with Crippen LogP contribution in [0.1, 0.15) is 43.9 Å². The summed E-state index contributed by atoms with van der Waals surface area (Å²) in [6.45, 7) is 6.13. The van der Waals surface area contributed by atoms with Gasteiger partial charge in [-0.2, -0.15) is 0 Å². The molecular formula is C22H28ClFN2O3S. The van der Waals surface area contributed by atoms with Crippen molar-refractivity contribution in [3.63, 3.8) is 0 Å². The van der Waals surface area contributed by atoms with Gasteiger partial charge in [0.1, 0.15) is 11.9 Å². The highest BCUT2D eigenvalue weighted by Gasteiger charge is 2.31. The van der Waals surface area contributed by atoms with Crippen molar-refractivity contribution in [1.82, 2.24) is 5.32 Å². The van der Waals surface area contributed by atoms with Gasteiger partial charge < -0.3 is 5.32 Å². The lowest BCUT2D eigenvalue weighted by Gasteiger charge is -2.30. The maximum atomic E-state index is 13.6. The number of nitrogens with one attached hydrogen (secondary N) is 1. The molecule has 2 aromatic rings. The van der Waals surface area contributed by atoms with Gasteiger partial charge in [-0.15, -0.1) is 0 Å². The van der Waals surface area contributed by atoms with Gasteiger partial charge in [-0.05, 0) is 54.2 Å². The SMILES string of the molecule is CCc1ccc(CC)c(CNC(=O)[C@H](CC)N(c2ccc(F)c(Cl)c2)S(C)(=O)=O)c1. The molecule has 0 fully saturated rings. The fourth-order valence-electron chi connectivity index (χ4n) is 3.39. The predicted octanol–water partition coefficient (Wildman–Crippen LogP) is 4.46. The molecule has 0 aliphatic heterocycles. The van der Waals surface area contributed by atoms with Crippen molar-refractivity contribution in [2.75, 3.05) is 10.6 Å². The highest BCUT2D eigenvalue weighted by Crippen LogP contribution is 2.27. The summed E-state index contributed by atoms with van der Waals surface area (Å²) >= 11 is 5.84. The van der Waals surface area contributed by atoms with Gasteiger partial charge in [-0.1, -0.05) is 50.6 Å². The quantitative estimate of drug-likeness (QED) is 0.608. The number of carbonyl (C=O) groups excluding carboxylic acids is 1. The molecule has 0 aliphatic carbocycles. The molecular weight excluding hydrogens is 427 g/mol. The Bertz CT molecular complexity index is 1010. The first-order valence-corrected chi connectivity index (χ1v) is 12.2. The number of anilines is 1. The van der Waals surface area contributed by atoms with Crippen LogP contribution in [0.5, 0.6) is 0 Å². The average Bonchev–Trinajstić information content (AvgIpc) is 2.71. The fraction of sp³-hybridized carbons (Fsp3) is 0.409. The molecule has 8 heteroatoms. The van der Waals surface area contributed by atoms with Gasteiger partial charge >= 0.3 is 0 Å². The average molecular weight is 455 g/mol. The minimum atomic E-state index is -3.82. The third kappa shape index (κ3) is 5.73. The number of aryl methyl sites for hydroxylation is 2. The second kappa shape index (κ2) is 10.3. The van der Waals surface area contributed by atoms with E-state index in [0.29, 0.717) is 6.54 Å². The summed E-state index contributed by atoms with van der Waals surface area (Å²) in [5.74, 6) is -1.08. The third-order valence-corrected chi connectivity index (χ3v) is 6.47. The molecule has 2 aromatic carbocycles. The largest absolute Gasteiger partial charge is 0.350 e. The van der Waals surface area contributed by atoms with Crippen LogP contribution in [0.3, 0.4) is 0 Å². The molecule has 30 heavy (non-hydrogen) atoms. The second-order valence-electron chi connectivity index (χ2n) is 7.11. The van der Waals surface area contributed by atoms with Crippen molar-refractivity contribution in [2.24, 2.45) is 0 Å². The smallest absolute Gasteiger partial charge is 0.244 e. The lowest BCUT2D eigenvalue weighted by Crippen LogP contribution is -2.49. The Kier molecular flexibility index (Phi) is 8.26. The Morgan fingerprint density at radius 1 is 1.10 bits per heavy atom. The second-order valence-corrected chi connectivity index (χ2v) is 9.38. The van der Waals surface area contributed by atoms with E-state index >= 15 is 0 Å².